The largest absolute Gasteiger partial charge is 0.314 e. The quantitative estimate of drug-likeness (QED) is 0.692. The average Bonchev–Trinajstić information content (AvgIpc) is 3.16. The minimum atomic E-state index is -0.0792. The molecule has 3 rings (SSSR count). The van der Waals surface area contributed by atoms with Crippen LogP contribution in [0.5, 0.6) is 0 Å². The number of hydrogen-bond donors (Lipinski definition) is 0. The Bertz CT molecular complexity index is 864. The fourth-order valence-electron chi connectivity index (χ4n) is 2.37. The van der Waals surface area contributed by atoms with Crippen molar-refractivity contribution >= 4 is 23.8 Å². The van der Waals surface area contributed by atoms with E-state index in [2.05, 4.69) is 5.10 Å². The molecular formula is C16H17N5OS. The first kappa shape index (κ1) is 15.2. The lowest BCUT2D eigenvalue weighted by Gasteiger charge is -2.16. The van der Waals surface area contributed by atoms with Crippen LogP contribution in [0.25, 0.3) is 0 Å². The summed E-state index contributed by atoms with van der Waals surface area (Å²) < 4.78 is 5.65. The van der Waals surface area contributed by atoms with Crippen LogP contribution < -0.4 is 4.90 Å². The van der Waals surface area contributed by atoms with Crippen LogP contribution in [0, 0.1) is 11.7 Å². The molecule has 0 bridgehead atoms. The lowest BCUT2D eigenvalue weighted by atomic mass is 10.3. The zero-order valence-electron chi connectivity index (χ0n) is 13.0. The van der Waals surface area contributed by atoms with E-state index in [0.29, 0.717) is 4.77 Å². The van der Waals surface area contributed by atoms with E-state index in [9.17, 15) is 4.79 Å². The smallest absolute Gasteiger partial charge is 0.248 e. The molecule has 23 heavy (non-hydrogen) atoms. The molecule has 3 aromatic rings. The normalized spacial score (nSPS) is 10.7. The Balaban J connectivity index is 1.85. The first-order valence-electron chi connectivity index (χ1n) is 7.19. The molecule has 0 N–H and O–H groups in total. The highest BCUT2D eigenvalue weighted by molar-refractivity contribution is 7.71. The molecule has 0 spiro atoms. The first-order valence-corrected chi connectivity index (χ1v) is 7.60. The highest BCUT2D eigenvalue weighted by Gasteiger charge is 2.15. The molecule has 0 aliphatic carbocycles. The van der Waals surface area contributed by atoms with Crippen LogP contribution in [0.4, 0.5) is 5.69 Å². The molecule has 0 fully saturated rings. The van der Waals surface area contributed by atoms with Crippen LogP contribution in [0.2, 0.25) is 0 Å². The van der Waals surface area contributed by atoms with E-state index in [1.54, 1.807) is 21.3 Å². The van der Waals surface area contributed by atoms with Gasteiger partial charge in [0.05, 0.1) is 0 Å². The fourth-order valence-corrected chi connectivity index (χ4v) is 2.70. The number of carbonyl (C=O) groups excluding carboxylic acids is 1. The molecule has 6 nitrogen and oxygen atoms in total. The third-order valence-electron chi connectivity index (χ3n) is 3.60. The van der Waals surface area contributed by atoms with Crippen molar-refractivity contribution in [1.29, 1.82) is 0 Å². The molecule has 1 amide bonds. The summed E-state index contributed by atoms with van der Waals surface area (Å²) in [5.41, 5.74) is 0.839. The van der Waals surface area contributed by atoms with Crippen LogP contribution in [-0.4, -0.2) is 32.1 Å². The van der Waals surface area contributed by atoms with Gasteiger partial charge in [-0.25, -0.2) is 9.36 Å². The summed E-state index contributed by atoms with van der Waals surface area (Å²) in [6, 6.07) is 13.3. The van der Waals surface area contributed by atoms with Gasteiger partial charge in [-0.3, -0.25) is 9.47 Å². The third-order valence-corrected chi connectivity index (χ3v) is 3.98. The van der Waals surface area contributed by atoms with Crippen molar-refractivity contribution in [1.82, 2.24) is 19.1 Å². The van der Waals surface area contributed by atoms with Crippen LogP contribution in [0.3, 0.4) is 0 Å². The maximum atomic E-state index is 12.5. The molecule has 2 aromatic heterocycles. The second-order valence-corrected chi connectivity index (χ2v) is 5.52. The SMILES string of the molecule is Cc1nn(CC(=O)N(C)c2ccccc2)c(=S)n1-n1cccc1. The van der Waals surface area contributed by atoms with E-state index < -0.39 is 0 Å². The van der Waals surface area contributed by atoms with Gasteiger partial charge in [0.2, 0.25) is 10.7 Å². The van der Waals surface area contributed by atoms with Crippen molar-refractivity contribution in [3.63, 3.8) is 0 Å². The van der Waals surface area contributed by atoms with E-state index in [0.717, 1.165) is 11.5 Å². The second-order valence-electron chi connectivity index (χ2n) is 5.15. The monoisotopic (exact) mass is 327 g/mol. The Morgan fingerprint density at radius 2 is 1.83 bits per heavy atom. The minimum absolute atomic E-state index is 0.0792. The number of amides is 1. The molecule has 0 aliphatic heterocycles. The zero-order chi connectivity index (χ0) is 16.4. The highest BCUT2D eigenvalue weighted by Crippen LogP contribution is 2.12. The Hall–Kier alpha value is -2.67. The van der Waals surface area contributed by atoms with E-state index in [-0.39, 0.29) is 12.5 Å². The van der Waals surface area contributed by atoms with Gasteiger partial charge in [-0.1, -0.05) is 18.2 Å². The number of carbonyl (C=O) groups is 1. The maximum Gasteiger partial charge on any atom is 0.248 e. The molecule has 0 aliphatic rings. The average molecular weight is 327 g/mol. The molecule has 118 valence electrons. The summed E-state index contributed by atoms with van der Waals surface area (Å²) in [4.78, 5) is 14.1. The van der Waals surface area contributed by atoms with Gasteiger partial charge in [0, 0.05) is 25.1 Å². The van der Waals surface area contributed by atoms with Gasteiger partial charge in [0.15, 0.2) is 0 Å². The Kier molecular flexibility index (Phi) is 4.12. The summed E-state index contributed by atoms with van der Waals surface area (Å²) in [7, 11) is 1.75. The molecule has 0 unspecified atom stereocenters. The van der Waals surface area contributed by atoms with Crippen molar-refractivity contribution < 1.29 is 4.79 Å². The predicted octanol–water partition coefficient (Wildman–Crippen LogP) is 2.50. The van der Waals surface area contributed by atoms with Crippen LogP contribution in [0.15, 0.2) is 54.9 Å². The van der Waals surface area contributed by atoms with Crippen LogP contribution >= 0.6 is 12.2 Å². The highest BCUT2D eigenvalue weighted by atomic mass is 32.1. The predicted molar refractivity (Wildman–Crippen MR) is 90.9 cm³/mol. The van der Waals surface area contributed by atoms with E-state index in [4.69, 9.17) is 12.2 Å². The van der Waals surface area contributed by atoms with Crippen molar-refractivity contribution in [2.75, 3.05) is 11.9 Å². The molecule has 0 atom stereocenters. The number of para-hydroxylation sites is 1. The standard InChI is InChI=1S/C16H17N5OS/c1-13-17-20(16(23)21(13)19-10-6-7-11-19)12-15(22)18(2)14-8-4-3-5-9-14/h3-11H,12H2,1-2H3. The van der Waals surface area contributed by atoms with Gasteiger partial charge in [-0.15, -0.1) is 0 Å². The van der Waals surface area contributed by atoms with Gasteiger partial charge in [-0.05, 0) is 43.4 Å². The van der Waals surface area contributed by atoms with Gasteiger partial charge in [0.1, 0.15) is 12.4 Å². The molecule has 0 saturated heterocycles. The van der Waals surface area contributed by atoms with Crippen molar-refractivity contribution in [2.45, 2.75) is 13.5 Å². The van der Waals surface area contributed by atoms with Crippen LogP contribution in [0.1, 0.15) is 5.82 Å². The van der Waals surface area contributed by atoms with Crippen molar-refractivity contribution in [3.05, 3.63) is 65.5 Å². The van der Waals surface area contributed by atoms with E-state index in [1.807, 2.05) is 66.5 Å². The third kappa shape index (κ3) is 2.95. The lowest BCUT2D eigenvalue weighted by Crippen LogP contribution is -2.30. The van der Waals surface area contributed by atoms with Gasteiger partial charge in [0.25, 0.3) is 0 Å². The summed E-state index contributed by atoms with van der Waals surface area (Å²) in [6.45, 7) is 1.96. The number of nitrogens with zero attached hydrogens (tertiary/aromatic N) is 5. The molecule has 0 saturated carbocycles. The molecular weight excluding hydrogens is 310 g/mol. The Morgan fingerprint density at radius 3 is 2.48 bits per heavy atom. The number of likely N-dealkylation sites (N-methyl/N-ethyl adjacent to an activating group) is 1. The summed E-state index contributed by atoms with van der Waals surface area (Å²) >= 11 is 5.45. The molecule has 7 heteroatoms. The number of anilines is 1. The lowest BCUT2D eigenvalue weighted by molar-refractivity contribution is -0.119. The summed E-state index contributed by atoms with van der Waals surface area (Å²) in [5, 5.41) is 4.39. The van der Waals surface area contributed by atoms with Gasteiger partial charge < -0.3 is 4.90 Å². The molecule has 0 radical (unpaired) electrons. The zero-order valence-corrected chi connectivity index (χ0v) is 13.8. The summed E-state index contributed by atoms with van der Waals surface area (Å²) in [6.07, 6.45) is 3.76. The first-order chi connectivity index (χ1) is 11.1. The summed E-state index contributed by atoms with van der Waals surface area (Å²) in [5.74, 6) is 0.644. The number of aromatic nitrogens is 4. The number of hydrogen-bond acceptors (Lipinski definition) is 3. The second kappa shape index (κ2) is 6.21. The Morgan fingerprint density at radius 1 is 1.17 bits per heavy atom. The van der Waals surface area contributed by atoms with Gasteiger partial charge >= 0.3 is 0 Å². The Labute approximate surface area is 139 Å². The van der Waals surface area contributed by atoms with Crippen molar-refractivity contribution in [2.24, 2.45) is 0 Å². The molecule has 1 aromatic carbocycles. The number of aryl methyl sites for hydroxylation is 1. The number of benzene rings is 1. The van der Waals surface area contributed by atoms with Gasteiger partial charge in [-0.2, -0.15) is 5.10 Å². The van der Waals surface area contributed by atoms with Crippen LogP contribution in [-0.2, 0) is 11.3 Å². The van der Waals surface area contributed by atoms with E-state index in [1.165, 1.54) is 0 Å². The van der Waals surface area contributed by atoms with Crippen molar-refractivity contribution in [3.8, 4) is 0 Å². The van der Waals surface area contributed by atoms with E-state index >= 15 is 0 Å². The number of rotatable bonds is 4. The minimum Gasteiger partial charge on any atom is -0.314 e. The fraction of sp³-hybridized carbons (Fsp3) is 0.188. The topological polar surface area (TPSA) is 48.0 Å². The maximum absolute atomic E-state index is 12.5. The molecule has 2 heterocycles.